The Balaban J connectivity index is 2.46. The Morgan fingerprint density at radius 1 is 1.47 bits per heavy atom. The molecule has 2 atom stereocenters. The van der Waals surface area contributed by atoms with E-state index >= 15 is 0 Å². The SMILES string of the molecule is CC(C)(C)[S+]([O-])N=C[C@H]1CCC(F)(F)C1. The van der Waals surface area contributed by atoms with Gasteiger partial charge in [-0.2, -0.15) is 0 Å². The van der Waals surface area contributed by atoms with E-state index in [-0.39, 0.29) is 18.8 Å². The lowest BCUT2D eigenvalue weighted by molar-refractivity contribution is 0.00750. The van der Waals surface area contributed by atoms with E-state index < -0.39 is 22.0 Å². The van der Waals surface area contributed by atoms with Gasteiger partial charge in [-0.05, 0) is 27.2 Å². The van der Waals surface area contributed by atoms with Crippen molar-refractivity contribution in [3.05, 3.63) is 0 Å². The highest BCUT2D eigenvalue weighted by Gasteiger charge is 2.39. The number of halogens is 2. The van der Waals surface area contributed by atoms with E-state index in [9.17, 15) is 13.3 Å². The van der Waals surface area contributed by atoms with Gasteiger partial charge in [0.1, 0.15) is 16.1 Å². The molecule has 0 bridgehead atoms. The second-order valence-corrected chi connectivity index (χ2v) is 6.91. The molecule has 0 radical (unpaired) electrons. The first-order chi connectivity index (χ1) is 6.71. The maximum atomic E-state index is 12.8. The van der Waals surface area contributed by atoms with Crippen LogP contribution in [0.1, 0.15) is 40.0 Å². The van der Waals surface area contributed by atoms with Crippen LogP contribution in [0, 0.1) is 5.92 Å². The van der Waals surface area contributed by atoms with Crippen molar-refractivity contribution in [2.75, 3.05) is 0 Å². The molecule has 0 N–H and O–H groups in total. The average Bonchev–Trinajstić information content (AvgIpc) is 2.39. The summed E-state index contributed by atoms with van der Waals surface area (Å²) in [4.78, 5) is 0. The van der Waals surface area contributed by atoms with Crippen molar-refractivity contribution >= 4 is 17.6 Å². The minimum Gasteiger partial charge on any atom is -0.591 e. The molecule has 0 aliphatic heterocycles. The predicted octanol–water partition coefficient (Wildman–Crippen LogP) is 2.95. The second-order valence-electron chi connectivity index (χ2n) is 4.97. The zero-order valence-corrected chi connectivity index (χ0v) is 10.1. The van der Waals surface area contributed by atoms with Crippen molar-refractivity contribution in [1.29, 1.82) is 0 Å². The van der Waals surface area contributed by atoms with Gasteiger partial charge in [-0.3, -0.25) is 0 Å². The van der Waals surface area contributed by atoms with E-state index in [2.05, 4.69) is 4.40 Å². The van der Waals surface area contributed by atoms with Gasteiger partial charge in [0, 0.05) is 18.8 Å². The summed E-state index contributed by atoms with van der Waals surface area (Å²) >= 11 is -1.33. The van der Waals surface area contributed by atoms with E-state index in [1.165, 1.54) is 6.21 Å². The largest absolute Gasteiger partial charge is 0.591 e. The molecule has 0 heterocycles. The molecule has 0 spiro atoms. The van der Waals surface area contributed by atoms with Gasteiger partial charge in [0.05, 0.1) is 6.21 Å². The highest BCUT2D eigenvalue weighted by molar-refractivity contribution is 7.91. The first-order valence-corrected chi connectivity index (χ1v) is 6.15. The van der Waals surface area contributed by atoms with Gasteiger partial charge in [0.2, 0.25) is 5.92 Å². The molecule has 0 amide bonds. The third-order valence-corrected chi connectivity index (χ3v) is 3.69. The summed E-state index contributed by atoms with van der Waals surface area (Å²) < 4.78 is 40.6. The van der Waals surface area contributed by atoms with Crippen LogP contribution in [0.4, 0.5) is 8.78 Å². The molecule has 15 heavy (non-hydrogen) atoms. The number of alkyl halides is 2. The number of nitrogens with zero attached hydrogens (tertiary/aromatic N) is 1. The smallest absolute Gasteiger partial charge is 0.248 e. The molecule has 1 rings (SSSR count). The van der Waals surface area contributed by atoms with Gasteiger partial charge in [-0.1, -0.05) is 4.40 Å². The Morgan fingerprint density at radius 2 is 2.07 bits per heavy atom. The van der Waals surface area contributed by atoms with Gasteiger partial charge >= 0.3 is 0 Å². The minimum atomic E-state index is -2.56. The normalized spacial score (nSPS) is 28.5. The predicted molar refractivity (Wildman–Crippen MR) is 58.7 cm³/mol. The van der Waals surface area contributed by atoms with Gasteiger partial charge in [0.15, 0.2) is 0 Å². The summed E-state index contributed by atoms with van der Waals surface area (Å²) in [6.07, 6.45) is 1.66. The molecule has 88 valence electrons. The summed E-state index contributed by atoms with van der Waals surface area (Å²) in [6.45, 7) is 5.43. The average molecular weight is 237 g/mol. The first-order valence-electron chi connectivity index (χ1n) is 5.05. The van der Waals surface area contributed by atoms with Crippen molar-refractivity contribution in [2.24, 2.45) is 10.3 Å². The Labute approximate surface area is 92.5 Å². The van der Waals surface area contributed by atoms with Crippen molar-refractivity contribution < 1.29 is 13.3 Å². The van der Waals surface area contributed by atoms with Crippen LogP contribution in [0.15, 0.2) is 4.40 Å². The Kier molecular flexibility index (Phi) is 3.76. The third-order valence-electron chi connectivity index (χ3n) is 2.33. The molecule has 5 heteroatoms. The molecule has 2 nitrogen and oxygen atoms in total. The van der Waals surface area contributed by atoms with Crippen molar-refractivity contribution in [3.63, 3.8) is 0 Å². The van der Waals surface area contributed by atoms with Gasteiger partial charge in [-0.25, -0.2) is 8.78 Å². The maximum Gasteiger partial charge on any atom is 0.248 e. The molecule has 1 saturated carbocycles. The van der Waals surface area contributed by atoms with Crippen LogP contribution in [-0.4, -0.2) is 21.4 Å². The van der Waals surface area contributed by atoms with Gasteiger partial charge in [-0.15, -0.1) is 0 Å². The van der Waals surface area contributed by atoms with E-state index in [0.29, 0.717) is 6.42 Å². The third kappa shape index (κ3) is 4.07. The fourth-order valence-corrected chi connectivity index (χ4v) is 2.01. The molecule has 1 fully saturated rings. The Bertz CT molecular complexity index is 250. The number of rotatable bonds is 2. The molecule has 0 saturated heterocycles. The lowest BCUT2D eigenvalue weighted by Crippen LogP contribution is -2.26. The van der Waals surface area contributed by atoms with Crippen LogP contribution >= 0.6 is 0 Å². The molecule has 1 unspecified atom stereocenters. The molecular weight excluding hydrogens is 220 g/mol. The maximum absolute atomic E-state index is 12.8. The minimum absolute atomic E-state index is 0.0775. The van der Waals surface area contributed by atoms with E-state index in [1.807, 2.05) is 20.8 Å². The van der Waals surface area contributed by atoms with E-state index in [4.69, 9.17) is 0 Å². The van der Waals surface area contributed by atoms with Crippen LogP contribution in [0.25, 0.3) is 0 Å². The van der Waals surface area contributed by atoms with E-state index in [1.54, 1.807) is 0 Å². The van der Waals surface area contributed by atoms with Crippen LogP contribution in [0.5, 0.6) is 0 Å². The molecule has 1 aliphatic rings. The van der Waals surface area contributed by atoms with Crippen molar-refractivity contribution in [1.82, 2.24) is 0 Å². The quantitative estimate of drug-likeness (QED) is 0.537. The van der Waals surface area contributed by atoms with Gasteiger partial charge < -0.3 is 4.55 Å². The molecule has 1 aliphatic carbocycles. The summed E-state index contributed by atoms with van der Waals surface area (Å²) in [7, 11) is 0. The topological polar surface area (TPSA) is 35.4 Å². The van der Waals surface area contributed by atoms with Crippen molar-refractivity contribution in [3.8, 4) is 0 Å². The van der Waals surface area contributed by atoms with Crippen molar-refractivity contribution in [2.45, 2.75) is 50.7 Å². The monoisotopic (exact) mass is 237 g/mol. The first kappa shape index (κ1) is 12.9. The highest BCUT2D eigenvalue weighted by atomic mass is 32.2. The lowest BCUT2D eigenvalue weighted by Gasteiger charge is -2.18. The van der Waals surface area contributed by atoms with Crippen LogP contribution in [0.2, 0.25) is 0 Å². The lowest BCUT2D eigenvalue weighted by atomic mass is 10.1. The molecule has 0 aromatic carbocycles. The second kappa shape index (κ2) is 4.37. The van der Waals surface area contributed by atoms with Gasteiger partial charge in [0.25, 0.3) is 0 Å². The zero-order valence-electron chi connectivity index (χ0n) is 9.30. The summed E-state index contributed by atoms with van der Waals surface area (Å²) in [5, 5.41) is 0. The standard InChI is InChI=1S/C10H17F2NOS/c1-9(2,3)15(14)13-7-8-4-5-10(11,12)6-8/h7-8H,4-6H2,1-3H3/t8-,15?/m0/s1. The molecular formula is C10H17F2NOS. The number of hydrogen-bond acceptors (Lipinski definition) is 2. The Morgan fingerprint density at radius 3 is 2.47 bits per heavy atom. The van der Waals surface area contributed by atoms with Crippen LogP contribution in [0.3, 0.4) is 0 Å². The number of hydrogen-bond donors (Lipinski definition) is 0. The summed E-state index contributed by atoms with van der Waals surface area (Å²) in [5.41, 5.74) is 0. The molecule has 0 aromatic heterocycles. The molecule has 0 aromatic rings. The Hall–Kier alpha value is -0.160. The summed E-state index contributed by atoms with van der Waals surface area (Å²) in [5.74, 6) is -2.77. The fourth-order valence-electron chi connectivity index (χ4n) is 1.41. The fraction of sp³-hybridized carbons (Fsp3) is 0.900. The van der Waals surface area contributed by atoms with Crippen LogP contribution in [-0.2, 0) is 11.4 Å². The summed E-state index contributed by atoms with van der Waals surface area (Å²) in [6, 6.07) is 0. The van der Waals surface area contributed by atoms with Crippen LogP contribution < -0.4 is 0 Å². The van der Waals surface area contributed by atoms with E-state index in [0.717, 1.165) is 0 Å². The highest BCUT2D eigenvalue weighted by Crippen LogP contribution is 2.38. The zero-order chi connectivity index (χ0) is 11.7.